The number of nitrogens with one attached hydrogen (secondary N) is 2. The number of halogens is 1. The van der Waals surface area contributed by atoms with Gasteiger partial charge in [-0.3, -0.25) is 4.98 Å². The molecule has 2 N–H and O–H groups in total. The fourth-order valence-electron chi connectivity index (χ4n) is 3.71. The minimum absolute atomic E-state index is 0.111. The zero-order valence-corrected chi connectivity index (χ0v) is 18.9. The van der Waals surface area contributed by atoms with E-state index in [-0.39, 0.29) is 12.0 Å². The Kier molecular flexibility index (Phi) is 6.93. The molecule has 2 amide bonds. The zero-order valence-electron chi connectivity index (χ0n) is 18.1. The summed E-state index contributed by atoms with van der Waals surface area (Å²) in [4.78, 5) is 18.7. The van der Waals surface area contributed by atoms with Crippen LogP contribution in [0.2, 0.25) is 0 Å². The summed E-state index contributed by atoms with van der Waals surface area (Å²) in [5.41, 5.74) is 2.02. The van der Waals surface area contributed by atoms with Gasteiger partial charge in [0.05, 0.1) is 5.69 Å². The number of rotatable bonds is 6. The second kappa shape index (κ2) is 9.29. The van der Waals surface area contributed by atoms with E-state index in [0.29, 0.717) is 35.3 Å². The number of hydrogen-bond donors (Lipinski definition) is 2. The van der Waals surface area contributed by atoms with Gasteiger partial charge in [-0.25, -0.2) is 13.9 Å². The lowest BCUT2D eigenvalue weighted by molar-refractivity contribution is 0.255. The summed E-state index contributed by atoms with van der Waals surface area (Å²) in [5, 5.41) is 2.64. The molecule has 0 spiro atoms. The molecule has 0 bridgehead atoms. The lowest BCUT2D eigenvalue weighted by atomic mass is 9.94. The standard InChI is InChI=1S/C21H28FN5O3S/c1-14(2)18-11-16(22)12-19(15-5-8-23-9-6-15)20(18)24-21(28)25-31(29,30)27(4)17-7-10-26(3)13-17/h5-6,8-9,11-12,14,17H,7,10,13H2,1-4H3,(H2,24,25,28). The lowest BCUT2D eigenvalue weighted by Crippen LogP contribution is -2.48. The largest absolute Gasteiger partial charge is 0.333 e. The Bertz CT molecular complexity index is 1050. The van der Waals surface area contributed by atoms with Crippen molar-refractivity contribution in [3.63, 3.8) is 0 Å². The molecule has 0 radical (unpaired) electrons. The summed E-state index contributed by atoms with van der Waals surface area (Å²) in [6.07, 6.45) is 3.82. The highest BCUT2D eigenvalue weighted by atomic mass is 32.2. The molecule has 1 unspecified atom stereocenters. The Hall–Kier alpha value is -2.56. The van der Waals surface area contributed by atoms with Gasteiger partial charge in [-0.2, -0.15) is 12.7 Å². The number of aromatic nitrogens is 1. The molecule has 1 saturated heterocycles. The maximum atomic E-state index is 14.3. The number of nitrogens with zero attached hydrogens (tertiary/aromatic N) is 3. The molecule has 1 fully saturated rings. The van der Waals surface area contributed by atoms with E-state index in [1.165, 1.54) is 23.5 Å². The number of urea groups is 1. The summed E-state index contributed by atoms with van der Waals surface area (Å²) in [7, 11) is -0.667. The SMILES string of the molecule is CC(C)c1cc(F)cc(-c2ccncc2)c1NC(=O)NS(=O)(=O)N(C)C1CCN(C)C1. The topological polar surface area (TPSA) is 94.6 Å². The van der Waals surface area contributed by atoms with Crippen molar-refractivity contribution >= 4 is 21.9 Å². The second-order valence-corrected chi connectivity index (χ2v) is 9.82. The first kappa shape index (κ1) is 23.1. The smallest absolute Gasteiger partial charge is 0.306 e. The molecule has 1 aromatic heterocycles. The molecular formula is C21H28FN5O3S. The van der Waals surface area contributed by atoms with Crippen LogP contribution in [-0.4, -0.2) is 61.9 Å². The van der Waals surface area contributed by atoms with Crippen LogP contribution >= 0.6 is 0 Å². The molecule has 3 rings (SSSR count). The predicted molar refractivity (Wildman–Crippen MR) is 118 cm³/mol. The highest BCUT2D eigenvalue weighted by Gasteiger charge is 2.32. The van der Waals surface area contributed by atoms with Crippen LogP contribution < -0.4 is 10.0 Å². The number of likely N-dealkylation sites (tertiary alicyclic amines) is 1. The molecule has 168 valence electrons. The fraction of sp³-hybridized carbons (Fsp3) is 0.429. The van der Waals surface area contributed by atoms with E-state index in [1.54, 1.807) is 24.5 Å². The van der Waals surface area contributed by atoms with Gasteiger partial charge in [0.1, 0.15) is 5.82 Å². The van der Waals surface area contributed by atoms with Crippen molar-refractivity contribution in [2.45, 2.75) is 32.2 Å². The van der Waals surface area contributed by atoms with E-state index >= 15 is 0 Å². The quantitative estimate of drug-likeness (QED) is 0.707. The third kappa shape index (κ3) is 5.38. The van der Waals surface area contributed by atoms with Crippen LogP contribution in [0, 0.1) is 5.82 Å². The molecular weight excluding hydrogens is 421 g/mol. The Morgan fingerprint density at radius 3 is 2.55 bits per heavy atom. The van der Waals surface area contributed by atoms with Crippen molar-refractivity contribution in [3.05, 3.63) is 48.0 Å². The van der Waals surface area contributed by atoms with Gasteiger partial charge in [0.2, 0.25) is 0 Å². The van der Waals surface area contributed by atoms with Crippen LogP contribution in [0.5, 0.6) is 0 Å². The molecule has 1 atom stereocenters. The van der Waals surface area contributed by atoms with E-state index < -0.39 is 22.1 Å². The Morgan fingerprint density at radius 1 is 1.29 bits per heavy atom. The average Bonchev–Trinajstić information content (AvgIpc) is 3.14. The first-order valence-corrected chi connectivity index (χ1v) is 11.5. The molecule has 8 nitrogen and oxygen atoms in total. The second-order valence-electron chi connectivity index (χ2n) is 8.09. The van der Waals surface area contributed by atoms with Gasteiger partial charge < -0.3 is 10.2 Å². The number of carbonyl (C=O) groups is 1. The minimum atomic E-state index is -4.04. The summed E-state index contributed by atoms with van der Waals surface area (Å²) in [6.45, 7) is 5.13. The van der Waals surface area contributed by atoms with Crippen LogP contribution in [0.4, 0.5) is 14.9 Å². The summed E-state index contributed by atoms with van der Waals surface area (Å²) < 4.78 is 43.0. The fourth-order valence-corrected chi connectivity index (χ4v) is 4.71. The first-order chi connectivity index (χ1) is 14.6. The molecule has 31 heavy (non-hydrogen) atoms. The molecule has 0 saturated carbocycles. The lowest BCUT2D eigenvalue weighted by Gasteiger charge is -2.24. The highest BCUT2D eigenvalue weighted by molar-refractivity contribution is 7.87. The van der Waals surface area contributed by atoms with E-state index in [2.05, 4.69) is 15.0 Å². The Morgan fingerprint density at radius 2 is 1.97 bits per heavy atom. The predicted octanol–water partition coefficient (Wildman–Crippen LogP) is 3.01. The molecule has 1 aliphatic heterocycles. The van der Waals surface area contributed by atoms with Crippen LogP contribution in [-0.2, 0) is 10.2 Å². The van der Waals surface area contributed by atoms with Crippen LogP contribution in [0.3, 0.4) is 0 Å². The van der Waals surface area contributed by atoms with Crippen LogP contribution in [0.1, 0.15) is 31.7 Å². The molecule has 2 heterocycles. The summed E-state index contributed by atoms with van der Waals surface area (Å²) in [5.74, 6) is -0.556. The summed E-state index contributed by atoms with van der Waals surface area (Å²) in [6, 6.07) is 4.94. The van der Waals surface area contributed by atoms with E-state index in [4.69, 9.17) is 0 Å². The van der Waals surface area contributed by atoms with E-state index in [0.717, 1.165) is 6.54 Å². The molecule has 0 aliphatic carbocycles. The van der Waals surface area contributed by atoms with Gasteiger partial charge in [0.25, 0.3) is 0 Å². The van der Waals surface area contributed by atoms with Gasteiger partial charge in [-0.15, -0.1) is 0 Å². The normalized spacial score (nSPS) is 17.3. The van der Waals surface area contributed by atoms with Crippen LogP contribution in [0.25, 0.3) is 11.1 Å². The van der Waals surface area contributed by atoms with Gasteiger partial charge in [-0.05, 0) is 61.3 Å². The highest BCUT2D eigenvalue weighted by Crippen LogP contribution is 2.35. The molecule has 2 aromatic rings. The van der Waals surface area contributed by atoms with Crippen molar-refractivity contribution in [1.82, 2.24) is 18.9 Å². The van der Waals surface area contributed by atoms with Crippen molar-refractivity contribution < 1.29 is 17.6 Å². The number of amides is 2. The average molecular weight is 450 g/mol. The van der Waals surface area contributed by atoms with Gasteiger partial charge >= 0.3 is 16.2 Å². The van der Waals surface area contributed by atoms with E-state index in [1.807, 2.05) is 25.8 Å². The Balaban J connectivity index is 1.88. The monoisotopic (exact) mass is 449 g/mol. The molecule has 1 aliphatic rings. The van der Waals surface area contributed by atoms with Crippen molar-refractivity contribution in [2.24, 2.45) is 0 Å². The number of hydrogen-bond acceptors (Lipinski definition) is 5. The van der Waals surface area contributed by atoms with Crippen LogP contribution in [0.15, 0.2) is 36.7 Å². The van der Waals surface area contributed by atoms with Gasteiger partial charge in [-0.1, -0.05) is 13.8 Å². The molecule has 10 heteroatoms. The third-order valence-corrected chi connectivity index (χ3v) is 6.97. The third-order valence-electron chi connectivity index (χ3n) is 5.47. The van der Waals surface area contributed by atoms with Gasteiger partial charge in [0, 0.05) is 37.6 Å². The number of likely N-dealkylation sites (N-methyl/N-ethyl adjacent to an activating group) is 2. The minimum Gasteiger partial charge on any atom is -0.306 e. The number of benzene rings is 1. The van der Waals surface area contributed by atoms with E-state index in [9.17, 15) is 17.6 Å². The number of pyridine rings is 1. The maximum absolute atomic E-state index is 14.3. The molecule has 1 aromatic carbocycles. The van der Waals surface area contributed by atoms with Crippen molar-refractivity contribution in [3.8, 4) is 11.1 Å². The zero-order chi connectivity index (χ0) is 22.8. The van der Waals surface area contributed by atoms with Crippen molar-refractivity contribution in [1.29, 1.82) is 0 Å². The summed E-state index contributed by atoms with van der Waals surface area (Å²) >= 11 is 0. The Labute approximate surface area is 182 Å². The number of anilines is 1. The number of carbonyl (C=O) groups excluding carboxylic acids is 1. The van der Waals surface area contributed by atoms with Gasteiger partial charge in [0.15, 0.2) is 0 Å². The maximum Gasteiger partial charge on any atom is 0.333 e. The van der Waals surface area contributed by atoms with Crippen molar-refractivity contribution in [2.75, 3.05) is 32.5 Å². The first-order valence-electron chi connectivity index (χ1n) is 10.1.